The summed E-state index contributed by atoms with van der Waals surface area (Å²) in [6.45, 7) is 0.0919. The van der Waals surface area contributed by atoms with Crippen molar-refractivity contribution in [1.29, 1.82) is 0 Å². The quantitative estimate of drug-likeness (QED) is 0.477. The van der Waals surface area contributed by atoms with E-state index < -0.39 is 17.5 Å². The molecule has 0 saturated carbocycles. The molecule has 112 valence electrons. The molecular weight excluding hydrogens is 277 g/mol. The molecule has 0 saturated heterocycles. The van der Waals surface area contributed by atoms with Gasteiger partial charge >= 0.3 is 6.18 Å². The van der Waals surface area contributed by atoms with Gasteiger partial charge in [-0.05, 0) is 18.7 Å². The van der Waals surface area contributed by atoms with Crippen LogP contribution in [0.15, 0.2) is 18.2 Å². The molecule has 0 aliphatic carbocycles. The highest BCUT2D eigenvalue weighted by molar-refractivity contribution is 5.62. The molecule has 0 atom stereocenters. The molecule has 0 aromatic heterocycles. The Morgan fingerprint density at radius 2 is 2.10 bits per heavy atom. The molecule has 20 heavy (non-hydrogen) atoms. The summed E-state index contributed by atoms with van der Waals surface area (Å²) in [5.74, 6) is 5.19. The van der Waals surface area contributed by atoms with Gasteiger partial charge in [0, 0.05) is 19.2 Å². The number of nitrogens with two attached hydrogens (primary N) is 1. The second-order valence-electron chi connectivity index (χ2n) is 4.36. The number of hydrogen-bond acceptors (Lipinski definition) is 5. The molecule has 0 unspecified atom stereocenters. The van der Waals surface area contributed by atoms with E-state index in [0.717, 1.165) is 0 Å². The van der Waals surface area contributed by atoms with Crippen molar-refractivity contribution >= 4 is 11.4 Å². The fourth-order valence-corrected chi connectivity index (χ4v) is 1.66. The molecule has 0 aliphatic rings. The van der Waals surface area contributed by atoms with E-state index in [1.807, 2.05) is 0 Å². The van der Waals surface area contributed by atoms with Gasteiger partial charge in [-0.15, -0.1) is 0 Å². The standard InChI is InChI=1S/C11H15F3N4O2/c1-17(5-4-11(12,13)14)7-8-2-3-10(18(19)20)9(6-8)16-15/h2-3,6,16H,4-5,7,15H2,1H3. The van der Waals surface area contributed by atoms with E-state index in [9.17, 15) is 23.3 Å². The number of nitrogens with one attached hydrogen (secondary N) is 1. The number of nitrogens with zero attached hydrogens (tertiary/aromatic N) is 2. The number of alkyl halides is 3. The fourth-order valence-electron chi connectivity index (χ4n) is 1.66. The van der Waals surface area contributed by atoms with E-state index in [1.165, 1.54) is 23.1 Å². The lowest BCUT2D eigenvalue weighted by molar-refractivity contribution is -0.384. The Kier molecular flexibility index (Phi) is 5.28. The molecule has 0 spiro atoms. The van der Waals surface area contributed by atoms with Gasteiger partial charge in [0.2, 0.25) is 0 Å². The van der Waals surface area contributed by atoms with Gasteiger partial charge in [-0.1, -0.05) is 6.07 Å². The van der Waals surface area contributed by atoms with Crippen LogP contribution < -0.4 is 11.3 Å². The van der Waals surface area contributed by atoms with Crippen molar-refractivity contribution in [1.82, 2.24) is 4.90 Å². The minimum atomic E-state index is -4.20. The number of nitro groups is 1. The van der Waals surface area contributed by atoms with Gasteiger partial charge in [-0.2, -0.15) is 13.2 Å². The Labute approximate surface area is 113 Å². The maximum absolute atomic E-state index is 12.1. The highest BCUT2D eigenvalue weighted by Gasteiger charge is 2.27. The van der Waals surface area contributed by atoms with Crippen LogP contribution in [0.5, 0.6) is 0 Å². The van der Waals surface area contributed by atoms with Gasteiger partial charge in [0.1, 0.15) is 5.69 Å². The van der Waals surface area contributed by atoms with E-state index in [2.05, 4.69) is 5.43 Å². The number of halogens is 3. The third-order valence-electron chi connectivity index (χ3n) is 2.64. The van der Waals surface area contributed by atoms with Crippen molar-refractivity contribution in [2.75, 3.05) is 19.0 Å². The lowest BCUT2D eigenvalue weighted by atomic mass is 10.1. The molecule has 0 bridgehead atoms. The lowest BCUT2D eigenvalue weighted by Gasteiger charge is -2.18. The molecule has 1 rings (SSSR count). The monoisotopic (exact) mass is 292 g/mol. The normalized spacial score (nSPS) is 11.7. The summed E-state index contributed by atoms with van der Waals surface area (Å²) < 4.78 is 36.3. The van der Waals surface area contributed by atoms with Crippen molar-refractivity contribution in [3.05, 3.63) is 33.9 Å². The average molecular weight is 292 g/mol. The zero-order valence-electron chi connectivity index (χ0n) is 10.8. The molecule has 0 radical (unpaired) electrons. The first-order valence-corrected chi connectivity index (χ1v) is 5.72. The van der Waals surface area contributed by atoms with E-state index in [0.29, 0.717) is 5.56 Å². The Bertz CT molecular complexity index is 479. The third-order valence-corrected chi connectivity index (χ3v) is 2.64. The van der Waals surface area contributed by atoms with Crippen LogP contribution in [-0.4, -0.2) is 29.6 Å². The summed E-state index contributed by atoms with van der Waals surface area (Å²) in [6.07, 6.45) is -5.10. The molecular formula is C11H15F3N4O2. The largest absolute Gasteiger partial charge is 0.390 e. The van der Waals surface area contributed by atoms with Crippen LogP contribution in [0.2, 0.25) is 0 Å². The summed E-state index contributed by atoms with van der Waals surface area (Å²) in [5.41, 5.74) is 2.78. The number of benzene rings is 1. The SMILES string of the molecule is CN(CCC(F)(F)F)Cc1ccc([N+](=O)[O-])c(NN)c1. The second kappa shape index (κ2) is 6.53. The molecule has 1 aromatic carbocycles. The topological polar surface area (TPSA) is 84.4 Å². The number of rotatable bonds is 6. The molecule has 6 nitrogen and oxygen atoms in total. The highest BCUT2D eigenvalue weighted by atomic mass is 19.4. The van der Waals surface area contributed by atoms with E-state index >= 15 is 0 Å². The zero-order chi connectivity index (χ0) is 15.3. The van der Waals surface area contributed by atoms with Gasteiger partial charge in [0.25, 0.3) is 5.69 Å². The molecule has 1 aromatic rings. The van der Waals surface area contributed by atoms with Crippen molar-refractivity contribution in [3.63, 3.8) is 0 Å². The minimum Gasteiger partial charge on any atom is -0.318 e. The van der Waals surface area contributed by atoms with Crippen LogP contribution in [-0.2, 0) is 6.54 Å². The fraction of sp³-hybridized carbons (Fsp3) is 0.455. The van der Waals surface area contributed by atoms with Crippen LogP contribution in [0, 0.1) is 10.1 Å². The molecule has 0 aliphatic heterocycles. The molecule has 3 N–H and O–H groups in total. The van der Waals surface area contributed by atoms with Crippen molar-refractivity contribution in [2.24, 2.45) is 5.84 Å². The first kappa shape index (κ1) is 16.2. The van der Waals surface area contributed by atoms with E-state index in [4.69, 9.17) is 5.84 Å². The number of nitro benzene ring substituents is 1. The summed E-state index contributed by atoms with van der Waals surface area (Å²) >= 11 is 0. The first-order chi connectivity index (χ1) is 9.23. The number of anilines is 1. The predicted octanol–water partition coefficient (Wildman–Crippen LogP) is 2.26. The van der Waals surface area contributed by atoms with Crippen molar-refractivity contribution < 1.29 is 18.1 Å². The van der Waals surface area contributed by atoms with Crippen LogP contribution >= 0.6 is 0 Å². The summed E-state index contributed by atoms with van der Waals surface area (Å²) in [7, 11) is 1.54. The highest BCUT2D eigenvalue weighted by Crippen LogP contribution is 2.25. The van der Waals surface area contributed by atoms with E-state index in [-0.39, 0.29) is 24.5 Å². The Morgan fingerprint density at radius 3 is 2.60 bits per heavy atom. The zero-order valence-corrected chi connectivity index (χ0v) is 10.8. The van der Waals surface area contributed by atoms with Crippen LogP contribution in [0.1, 0.15) is 12.0 Å². The van der Waals surface area contributed by atoms with Gasteiger partial charge in [-0.25, -0.2) is 0 Å². The van der Waals surface area contributed by atoms with Crippen LogP contribution in [0.25, 0.3) is 0 Å². The van der Waals surface area contributed by atoms with Crippen LogP contribution in [0.3, 0.4) is 0 Å². The van der Waals surface area contributed by atoms with E-state index in [1.54, 1.807) is 7.05 Å². The molecule has 0 amide bonds. The maximum atomic E-state index is 12.1. The van der Waals surface area contributed by atoms with Crippen molar-refractivity contribution in [3.8, 4) is 0 Å². The molecule has 0 heterocycles. The number of hydrazine groups is 1. The smallest absolute Gasteiger partial charge is 0.318 e. The molecule has 9 heteroatoms. The van der Waals surface area contributed by atoms with Crippen LogP contribution in [0.4, 0.5) is 24.5 Å². The Balaban J connectivity index is 2.71. The summed E-state index contributed by atoms with van der Waals surface area (Å²) in [5, 5.41) is 10.7. The van der Waals surface area contributed by atoms with Crippen molar-refractivity contribution in [2.45, 2.75) is 19.1 Å². The Morgan fingerprint density at radius 1 is 1.45 bits per heavy atom. The minimum absolute atomic E-state index is 0.122. The van der Waals surface area contributed by atoms with Gasteiger partial charge in [0.05, 0.1) is 11.3 Å². The summed E-state index contributed by atoms with van der Waals surface area (Å²) in [4.78, 5) is 11.6. The molecule has 0 fully saturated rings. The third kappa shape index (κ3) is 5.02. The Hall–Kier alpha value is -1.87. The number of hydrogen-bond donors (Lipinski definition) is 2. The lowest BCUT2D eigenvalue weighted by Crippen LogP contribution is -2.24. The van der Waals surface area contributed by atoms with Gasteiger partial charge in [-0.3, -0.25) is 16.0 Å². The second-order valence-corrected chi connectivity index (χ2v) is 4.36. The average Bonchev–Trinajstić information content (AvgIpc) is 2.35. The van der Waals surface area contributed by atoms with Gasteiger partial charge < -0.3 is 10.3 Å². The maximum Gasteiger partial charge on any atom is 0.390 e. The summed E-state index contributed by atoms with van der Waals surface area (Å²) in [6, 6.07) is 4.20. The predicted molar refractivity (Wildman–Crippen MR) is 67.9 cm³/mol. The first-order valence-electron chi connectivity index (χ1n) is 5.72. The number of nitrogen functional groups attached to an aromatic ring is 1. The van der Waals surface area contributed by atoms with Gasteiger partial charge in [0.15, 0.2) is 0 Å².